The zero-order valence-corrected chi connectivity index (χ0v) is 7.07. The van der Waals surface area contributed by atoms with Crippen LogP contribution in [0.2, 0.25) is 0 Å². The number of carboxylic acid groups (broad SMARTS) is 1. The van der Waals surface area contributed by atoms with Crippen LogP contribution in [0.5, 0.6) is 0 Å². The molecule has 0 aromatic carbocycles. The maximum Gasteiger partial charge on any atom is 0.357 e. The lowest BCUT2D eigenvalue weighted by Crippen LogP contribution is -2.05. The first-order valence-corrected chi connectivity index (χ1v) is 3.93. The van der Waals surface area contributed by atoms with Crippen LogP contribution in [0.4, 0.5) is 0 Å². The lowest BCUT2D eigenvalue weighted by Gasteiger charge is -1.91. The maximum atomic E-state index is 11.3. The number of ketones is 1. The summed E-state index contributed by atoms with van der Waals surface area (Å²) >= 11 is 0. The van der Waals surface area contributed by atoms with Crippen LogP contribution in [-0.2, 0) is 13.5 Å². The molecule has 2 rings (SSSR count). The smallest absolute Gasteiger partial charge is 0.357 e. The maximum absolute atomic E-state index is 11.3. The monoisotopic (exact) mass is 180 g/mol. The molecule has 1 aliphatic carbocycles. The van der Waals surface area contributed by atoms with Gasteiger partial charge in [0.05, 0.1) is 11.3 Å². The van der Waals surface area contributed by atoms with Crippen molar-refractivity contribution in [2.75, 3.05) is 0 Å². The minimum absolute atomic E-state index is 0.111. The van der Waals surface area contributed by atoms with Gasteiger partial charge in [0, 0.05) is 13.5 Å². The molecule has 1 aromatic heterocycles. The second kappa shape index (κ2) is 2.42. The van der Waals surface area contributed by atoms with E-state index in [1.54, 1.807) is 7.05 Å². The van der Waals surface area contributed by atoms with E-state index in [9.17, 15) is 9.59 Å². The predicted octanol–water partition coefficient (Wildman–Crippen LogP) is 0.247. The highest BCUT2D eigenvalue weighted by molar-refractivity contribution is 6.07. The van der Waals surface area contributed by atoms with Crippen LogP contribution in [0, 0.1) is 0 Å². The van der Waals surface area contributed by atoms with Crippen LogP contribution < -0.4 is 0 Å². The third kappa shape index (κ3) is 0.965. The Kier molecular flexibility index (Phi) is 1.48. The summed E-state index contributed by atoms with van der Waals surface area (Å²) in [7, 11) is 1.66. The summed E-state index contributed by atoms with van der Waals surface area (Å²) in [6.07, 6.45) is 1.01. The molecule has 1 aliphatic rings. The molecule has 0 aliphatic heterocycles. The molecule has 0 unspecified atom stereocenters. The Morgan fingerprint density at radius 1 is 1.54 bits per heavy atom. The number of aryl methyl sites for hydroxylation is 1. The fourth-order valence-electron chi connectivity index (χ4n) is 1.65. The zero-order chi connectivity index (χ0) is 9.59. The fraction of sp³-hybridized carbons (Fsp3) is 0.375. The number of rotatable bonds is 1. The van der Waals surface area contributed by atoms with Gasteiger partial charge in [0.15, 0.2) is 11.5 Å². The van der Waals surface area contributed by atoms with E-state index in [4.69, 9.17) is 5.11 Å². The molecule has 5 nitrogen and oxygen atoms in total. The predicted molar refractivity (Wildman–Crippen MR) is 42.8 cm³/mol. The van der Waals surface area contributed by atoms with Crippen molar-refractivity contribution in [2.24, 2.45) is 7.05 Å². The summed E-state index contributed by atoms with van der Waals surface area (Å²) in [4.78, 5) is 22.0. The first-order chi connectivity index (χ1) is 6.11. The minimum atomic E-state index is -1.13. The van der Waals surface area contributed by atoms with Gasteiger partial charge in [-0.25, -0.2) is 4.79 Å². The standard InChI is InChI=1S/C8H8N2O3/c1-10-4-2-3-5(11)6(4)7(9-10)8(12)13/h2-3H2,1H3,(H,12,13). The van der Waals surface area contributed by atoms with Gasteiger partial charge in [-0.3, -0.25) is 9.48 Å². The third-order valence-corrected chi connectivity index (χ3v) is 2.24. The second-order valence-electron chi connectivity index (χ2n) is 3.02. The van der Waals surface area contributed by atoms with Crippen LogP contribution >= 0.6 is 0 Å². The topological polar surface area (TPSA) is 72.2 Å². The molecule has 0 radical (unpaired) electrons. The van der Waals surface area contributed by atoms with E-state index in [-0.39, 0.29) is 11.5 Å². The van der Waals surface area contributed by atoms with E-state index in [2.05, 4.69) is 5.10 Å². The number of carboxylic acids is 1. The van der Waals surface area contributed by atoms with Gasteiger partial charge in [-0.1, -0.05) is 0 Å². The van der Waals surface area contributed by atoms with E-state index < -0.39 is 5.97 Å². The van der Waals surface area contributed by atoms with Crippen LogP contribution in [0.15, 0.2) is 0 Å². The third-order valence-electron chi connectivity index (χ3n) is 2.24. The van der Waals surface area contributed by atoms with Crippen molar-refractivity contribution in [3.05, 3.63) is 17.0 Å². The number of hydrogen-bond donors (Lipinski definition) is 1. The number of aromatic nitrogens is 2. The summed E-state index contributed by atoms with van der Waals surface area (Å²) in [5.74, 6) is -1.24. The summed E-state index contributed by atoms with van der Waals surface area (Å²) in [5.41, 5.74) is 0.928. The normalized spacial score (nSPS) is 14.7. The SMILES string of the molecule is Cn1nc(C(=O)O)c2c1CCC2=O. The quantitative estimate of drug-likeness (QED) is 0.672. The Balaban J connectivity index is 2.67. The number of nitrogens with zero attached hydrogens (tertiary/aromatic N) is 2. The van der Waals surface area contributed by atoms with E-state index in [1.165, 1.54) is 4.68 Å². The molecule has 0 fully saturated rings. The zero-order valence-electron chi connectivity index (χ0n) is 7.07. The average Bonchev–Trinajstić information content (AvgIpc) is 2.55. The summed E-state index contributed by atoms with van der Waals surface area (Å²) in [6.45, 7) is 0. The van der Waals surface area contributed by atoms with Crippen LogP contribution in [0.25, 0.3) is 0 Å². The highest BCUT2D eigenvalue weighted by Crippen LogP contribution is 2.24. The molecule has 1 heterocycles. The molecule has 0 bridgehead atoms. The Morgan fingerprint density at radius 2 is 2.23 bits per heavy atom. The Bertz CT molecular complexity index is 406. The number of Topliss-reactive ketones (excluding diaryl/α,β-unsaturated/α-hetero) is 1. The summed E-state index contributed by atoms with van der Waals surface area (Å²) in [5, 5.41) is 12.5. The van der Waals surface area contributed by atoms with Crippen LogP contribution in [0.1, 0.15) is 33.0 Å². The minimum Gasteiger partial charge on any atom is -0.476 e. The van der Waals surface area contributed by atoms with Crippen molar-refractivity contribution >= 4 is 11.8 Å². The van der Waals surface area contributed by atoms with Gasteiger partial charge in [0.2, 0.25) is 0 Å². The second-order valence-corrected chi connectivity index (χ2v) is 3.02. The van der Waals surface area contributed by atoms with Crippen molar-refractivity contribution < 1.29 is 14.7 Å². The van der Waals surface area contributed by atoms with Crippen molar-refractivity contribution in [2.45, 2.75) is 12.8 Å². The number of carbonyl (C=O) groups is 2. The first kappa shape index (κ1) is 7.97. The number of hydrogen-bond acceptors (Lipinski definition) is 3. The molecule has 0 saturated carbocycles. The molecule has 68 valence electrons. The lowest BCUT2D eigenvalue weighted by molar-refractivity contribution is 0.0685. The molecule has 1 N–H and O–H groups in total. The van der Waals surface area contributed by atoms with Crippen LogP contribution in [0.3, 0.4) is 0 Å². The van der Waals surface area contributed by atoms with Gasteiger partial charge in [-0.05, 0) is 6.42 Å². The Labute approximate surface area is 74.0 Å². The van der Waals surface area contributed by atoms with E-state index in [0.717, 1.165) is 5.69 Å². The lowest BCUT2D eigenvalue weighted by atomic mass is 10.2. The van der Waals surface area contributed by atoms with E-state index in [1.807, 2.05) is 0 Å². The number of carbonyl (C=O) groups excluding carboxylic acids is 1. The van der Waals surface area contributed by atoms with Crippen molar-refractivity contribution in [3.63, 3.8) is 0 Å². The van der Waals surface area contributed by atoms with Gasteiger partial charge < -0.3 is 5.11 Å². The van der Waals surface area contributed by atoms with E-state index >= 15 is 0 Å². The number of aromatic carboxylic acids is 1. The van der Waals surface area contributed by atoms with Gasteiger partial charge in [0.25, 0.3) is 0 Å². The first-order valence-electron chi connectivity index (χ1n) is 3.93. The largest absolute Gasteiger partial charge is 0.476 e. The summed E-state index contributed by atoms with van der Waals surface area (Å²) < 4.78 is 1.48. The highest BCUT2D eigenvalue weighted by atomic mass is 16.4. The molecular formula is C8H8N2O3. The molecular weight excluding hydrogens is 172 g/mol. The Morgan fingerprint density at radius 3 is 2.85 bits per heavy atom. The molecule has 0 amide bonds. The van der Waals surface area contributed by atoms with E-state index in [0.29, 0.717) is 18.4 Å². The molecule has 1 aromatic rings. The van der Waals surface area contributed by atoms with Gasteiger partial charge >= 0.3 is 5.97 Å². The highest BCUT2D eigenvalue weighted by Gasteiger charge is 2.30. The molecule has 0 spiro atoms. The number of fused-ring (bicyclic) bond motifs is 1. The van der Waals surface area contributed by atoms with Crippen LogP contribution in [-0.4, -0.2) is 26.6 Å². The fourth-order valence-corrected chi connectivity index (χ4v) is 1.65. The molecule has 5 heteroatoms. The van der Waals surface area contributed by atoms with Crippen molar-refractivity contribution in [3.8, 4) is 0 Å². The molecule has 0 atom stereocenters. The van der Waals surface area contributed by atoms with Crippen molar-refractivity contribution in [1.29, 1.82) is 0 Å². The molecule has 0 saturated heterocycles. The molecule has 13 heavy (non-hydrogen) atoms. The average molecular weight is 180 g/mol. The Hall–Kier alpha value is -1.65. The van der Waals surface area contributed by atoms with Gasteiger partial charge in [-0.2, -0.15) is 5.10 Å². The summed E-state index contributed by atoms with van der Waals surface area (Å²) in [6, 6.07) is 0. The van der Waals surface area contributed by atoms with Gasteiger partial charge in [0.1, 0.15) is 0 Å². The van der Waals surface area contributed by atoms with Gasteiger partial charge in [-0.15, -0.1) is 0 Å². The van der Waals surface area contributed by atoms with Crippen molar-refractivity contribution in [1.82, 2.24) is 9.78 Å².